The van der Waals surface area contributed by atoms with Crippen molar-refractivity contribution in [3.05, 3.63) is 35.4 Å². The maximum absolute atomic E-state index is 11.0. The largest absolute Gasteiger partial charge is 0.469 e. The summed E-state index contributed by atoms with van der Waals surface area (Å²) >= 11 is 5.62. The molecule has 5 heteroatoms. The van der Waals surface area contributed by atoms with Crippen molar-refractivity contribution in [2.45, 2.75) is 6.42 Å². The number of benzene rings is 1. The Balaban J connectivity index is 2.88. The van der Waals surface area contributed by atoms with Gasteiger partial charge in [-0.3, -0.25) is 4.79 Å². The maximum Gasteiger partial charge on any atom is 0.309 e. The van der Waals surface area contributed by atoms with Crippen LogP contribution in [0.2, 0.25) is 0 Å². The molecule has 0 saturated carbocycles. The molecule has 1 rings (SSSR count). The van der Waals surface area contributed by atoms with Crippen LogP contribution in [0.3, 0.4) is 0 Å². The Labute approximate surface area is 92.1 Å². The van der Waals surface area contributed by atoms with Gasteiger partial charge < -0.3 is 9.94 Å². The van der Waals surface area contributed by atoms with Crippen LogP contribution in [0.4, 0.5) is 0 Å². The Bertz CT molecular complexity index is 390. The fraction of sp³-hybridized carbons (Fsp3) is 0.200. The monoisotopic (exact) mass is 227 g/mol. The zero-order valence-corrected chi connectivity index (χ0v) is 8.86. The molecule has 0 heterocycles. The van der Waals surface area contributed by atoms with E-state index in [2.05, 4.69) is 9.89 Å². The zero-order valence-electron chi connectivity index (χ0n) is 8.11. The molecule has 0 aromatic heterocycles. The molecule has 0 amide bonds. The van der Waals surface area contributed by atoms with Crippen LogP contribution in [0.5, 0.6) is 0 Å². The van der Waals surface area contributed by atoms with Crippen molar-refractivity contribution in [1.29, 1.82) is 0 Å². The van der Waals surface area contributed by atoms with Gasteiger partial charge in [-0.2, -0.15) is 0 Å². The molecular formula is C10H10ClNO3. The molecule has 1 aromatic carbocycles. The highest BCUT2D eigenvalue weighted by atomic mass is 35.5. The van der Waals surface area contributed by atoms with Crippen LogP contribution in [0.25, 0.3) is 0 Å². The van der Waals surface area contributed by atoms with Gasteiger partial charge in [-0.15, -0.1) is 0 Å². The average Bonchev–Trinajstić information content (AvgIpc) is 2.28. The molecule has 0 atom stereocenters. The molecule has 1 aromatic rings. The van der Waals surface area contributed by atoms with Crippen LogP contribution in [0.15, 0.2) is 29.4 Å². The van der Waals surface area contributed by atoms with Gasteiger partial charge in [0.15, 0.2) is 5.17 Å². The molecule has 0 bridgehead atoms. The minimum atomic E-state index is -0.329. The molecule has 0 saturated heterocycles. The van der Waals surface area contributed by atoms with Crippen molar-refractivity contribution in [1.82, 2.24) is 0 Å². The summed E-state index contributed by atoms with van der Waals surface area (Å²) in [6, 6.07) is 6.84. The van der Waals surface area contributed by atoms with Crippen LogP contribution < -0.4 is 0 Å². The number of hydrogen-bond acceptors (Lipinski definition) is 4. The van der Waals surface area contributed by atoms with Crippen molar-refractivity contribution in [3.63, 3.8) is 0 Å². The zero-order chi connectivity index (χ0) is 11.3. The molecule has 0 aliphatic heterocycles. The van der Waals surface area contributed by atoms with Gasteiger partial charge >= 0.3 is 5.97 Å². The Kier molecular flexibility index (Phi) is 4.12. The molecule has 0 unspecified atom stereocenters. The lowest BCUT2D eigenvalue weighted by atomic mass is 10.1. The normalized spacial score (nSPS) is 11.2. The molecule has 0 spiro atoms. The maximum atomic E-state index is 11.0. The van der Waals surface area contributed by atoms with E-state index < -0.39 is 0 Å². The molecular weight excluding hydrogens is 218 g/mol. The van der Waals surface area contributed by atoms with Crippen molar-refractivity contribution in [3.8, 4) is 0 Å². The number of ether oxygens (including phenoxy) is 1. The van der Waals surface area contributed by atoms with E-state index in [0.29, 0.717) is 5.56 Å². The van der Waals surface area contributed by atoms with Crippen LogP contribution in [0, 0.1) is 0 Å². The number of esters is 1. The van der Waals surface area contributed by atoms with E-state index in [-0.39, 0.29) is 17.6 Å². The third-order valence-electron chi connectivity index (χ3n) is 1.83. The second-order valence-electron chi connectivity index (χ2n) is 2.84. The smallest absolute Gasteiger partial charge is 0.309 e. The molecule has 0 radical (unpaired) electrons. The lowest BCUT2D eigenvalue weighted by molar-refractivity contribution is -0.139. The van der Waals surface area contributed by atoms with E-state index in [0.717, 1.165) is 5.56 Å². The number of halogens is 1. The first-order chi connectivity index (χ1) is 7.17. The van der Waals surface area contributed by atoms with Crippen molar-refractivity contribution in [2.75, 3.05) is 7.11 Å². The summed E-state index contributed by atoms with van der Waals surface area (Å²) in [5.74, 6) is -0.329. The van der Waals surface area contributed by atoms with Gasteiger partial charge in [0.2, 0.25) is 0 Å². The third-order valence-corrected chi connectivity index (χ3v) is 2.12. The number of hydrogen-bond donors (Lipinski definition) is 1. The van der Waals surface area contributed by atoms with Crippen molar-refractivity contribution >= 4 is 22.7 Å². The van der Waals surface area contributed by atoms with Gasteiger partial charge in [0, 0.05) is 5.56 Å². The van der Waals surface area contributed by atoms with Gasteiger partial charge in [0.05, 0.1) is 13.5 Å². The lowest BCUT2D eigenvalue weighted by Crippen LogP contribution is -2.05. The summed E-state index contributed by atoms with van der Waals surface area (Å²) in [6.07, 6.45) is 0.167. The van der Waals surface area contributed by atoms with Crippen LogP contribution >= 0.6 is 11.6 Å². The van der Waals surface area contributed by atoms with E-state index in [1.54, 1.807) is 24.3 Å². The Morgan fingerprint density at radius 1 is 1.60 bits per heavy atom. The summed E-state index contributed by atoms with van der Waals surface area (Å²) in [5, 5.41) is 11.3. The number of carbonyl (C=O) groups excluding carboxylic acids is 1. The molecule has 15 heavy (non-hydrogen) atoms. The van der Waals surface area contributed by atoms with Crippen molar-refractivity contribution < 1.29 is 14.7 Å². The van der Waals surface area contributed by atoms with Crippen LogP contribution in [0.1, 0.15) is 11.1 Å². The second kappa shape index (κ2) is 5.36. The van der Waals surface area contributed by atoms with Gasteiger partial charge in [-0.25, -0.2) is 0 Å². The van der Waals surface area contributed by atoms with Crippen molar-refractivity contribution in [2.24, 2.45) is 5.16 Å². The fourth-order valence-corrected chi connectivity index (χ4v) is 1.22. The number of rotatable bonds is 3. The number of methoxy groups -OCH3 is 1. The standard InChI is InChI=1S/C10H10ClNO3/c1-15-9(13)6-7-3-2-4-8(5-7)10(11)12-14/h2-5,14H,6H2,1H3/b12-10-. The molecule has 0 aliphatic rings. The highest BCUT2D eigenvalue weighted by Gasteiger charge is 2.05. The summed E-state index contributed by atoms with van der Waals surface area (Å²) in [7, 11) is 1.33. The minimum Gasteiger partial charge on any atom is -0.469 e. The van der Waals surface area contributed by atoms with Gasteiger partial charge in [0.25, 0.3) is 0 Å². The second-order valence-corrected chi connectivity index (χ2v) is 3.20. The Morgan fingerprint density at radius 3 is 2.93 bits per heavy atom. The topological polar surface area (TPSA) is 58.9 Å². The highest BCUT2D eigenvalue weighted by Crippen LogP contribution is 2.09. The minimum absolute atomic E-state index is 0.0123. The van der Waals surface area contributed by atoms with E-state index in [9.17, 15) is 4.79 Å². The Morgan fingerprint density at radius 2 is 2.33 bits per heavy atom. The number of nitrogens with zero attached hydrogens (tertiary/aromatic N) is 1. The average molecular weight is 228 g/mol. The summed E-state index contributed by atoms with van der Waals surface area (Å²) in [4.78, 5) is 11.0. The highest BCUT2D eigenvalue weighted by molar-refractivity contribution is 6.69. The van der Waals surface area contributed by atoms with E-state index in [4.69, 9.17) is 16.8 Å². The number of carbonyl (C=O) groups is 1. The predicted molar refractivity (Wildman–Crippen MR) is 56.3 cm³/mol. The molecule has 0 aliphatic carbocycles. The SMILES string of the molecule is COC(=O)Cc1cccc(/C(Cl)=N/O)c1. The first-order valence-electron chi connectivity index (χ1n) is 4.21. The van der Waals surface area contributed by atoms with Gasteiger partial charge in [0.1, 0.15) is 0 Å². The van der Waals surface area contributed by atoms with Crippen LogP contribution in [-0.2, 0) is 16.0 Å². The van der Waals surface area contributed by atoms with E-state index in [1.807, 2.05) is 0 Å². The first-order valence-corrected chi connectivity index (χ1v) is 4.59. The third kappa shape index (κ3) is 3.25. The molecule has 4 nitrogen and oxygen atoms in total. The van der Waals surface area contributed by atoms with E-state index >= 15 is 0 Å². The van der Waals surface area contributed by atoms with Crippen LogP contribution in [-0.4, -0.2) is 23.5 Å². The fourth-order valence-electron chi connectivity index (χ4n) is 1.11. The quantitative estimate of drug-likeness (QED) is 0.371. The number of oxime groups is 1. The van der Waals surface area contributed by atoms with E-state index in [1.165, 1.54) is 7.11 Å². The molecule has 0 fully saturated rings. The predicted octanol–water partition coefficient (Wildman–Crippen LogP) is 1.78. The van der Waals surface area contributed by atoms with Gasteiger partial charge in [-0.05, 0) is 11.6 Å². The first kappa shape index (κ1) is 11.5. The molecule has 1 N–H and O–H groups in total. The Hall–Kier alpha value is -1.55. The summed E-state index contributed by atoms with van der Waals surface area (Å²) < 4.78 is 4.53. The summed E-state index contributed by atoms with van der Waals surface area (Å²) in [5.41, 5.74) is 1.31. The van der Waals surface area contributed by atoms with Gasteiger partial charge in [-0.1, -0.05) is 35.0 Å². The lowest BCUT2D eigenvalue weighted by Gasteiger charge is -2.02. The molecule has 80 valence electrons. The summed E-state index contributed by atoms with van der Waals surface area (Å²) in [6.45, 7) is 0.